The van der Waals surface area contributed by atoms with E-state index >= 15 is 0 Å². The molecule has 0 fully saturated rings. The molecule has 1 heterocycles. The molecule has 0 saturated heterocycles. The number of aromatic nitrogens is 2. The van der Waals surface area contributed by atoms with Crippen LogP contribution in [0.25, 0.3) is 0 Å². The van der Waals surface area contributed by atoms with Crippen molar-refractivity contribution in [2.24, 2.45) is 0 Å². The molecule has 1 aromatic heterocycles. The van der Waals surface area contributed by atoms with Crippen molar-refractivity contribution in [1.82, 2.24) is 9.78 Å². The number of hydrogen-bond acceptors (Lipinski definition) is 3. The van der Waals surface area contributed by atoms with E-state index in [2.05, 4.69) is 5.10 Å². The summed E-state index contributed by atoms with van der Waals surface area (Å²) in [5.74, 6) is -0.226. The number of nitrogen functional groups attached to an aromatic ring is 1. The summed E-state index contributed by atoms with van der Waals surface area (Å²) in [7, 11) is 1.59. The standard InChI is InChI=1S/C12H13FN4O/c1-16(10-4-2-3-9(13)7-10)12(18)8-17-6-5-11(14)15-17/h2-7H,8H2,1H3,(H2,14,15). The lowest BCUT2D eigenvalue weighted by Gasteiger charge is -2.17. The topological polar surface area (TPSA) is 64.2 Å². The number of halogens is 1. The van der Waals surface area contributed by atoms with Crippen LogP contribution in [0.5, 0.6) is 0 Å². The molecule has 0 atom stereocenters. The quantitative estimate of drug-likeness (QED) is 0.889. The number of nitrogens with zero attached hydrogens (tertiary/aromatic N) is 3. The molecule has 18 heavy (non-hydrogen) atoms. The van der Waals surface area contributed by atoms with E-state index in [4.69, 9.17) is 5.73 Å². The van der Waals surface area contributed by atoms with Crippen molar-refractivity contribution >= 4 is 17.4 Å². The van der Waals surface area contributed by atoms with Gasteiger partial charge in [-0.25, -0.2) is 4.39 Å². The molecule has 0 unspecified atom stereocenters. The van der Waals surface area contributed by atoms with E-state index in [9.17, 15) is 9.18 Å². The van der Waals surface area contributed by atoms with Crippen molar-refractivity contribution in [3.8, 4) is 0 Å². The summed E-state index contributed by atoms with van der Waals surface area (Å²) >= 11 is 0. The first-order chi connectivity index (χ1) is 8.56. The Labute approximate surface area is 104 Å². The maximum atomic E-state index is 13.0. The minimum Gasteiger partial charge on any atom is -0.382 e. The lowest BCUT2D eigenvalue weighted by atomic mass is 10.3. The zero-order valence-electron chi connectivity index (χ0n) is 9.88. The Morgan fingerprint density at radius 2 is 2.28 bits per heavy atom. The smallest absolute Gasteiger partial charge is 0.248 e. The molecule has 2 rings (SSSR count). The van der Waals surface area contributed by atoms with Gasteiger partial charge >= 0.3 is 0 Å². The first-order valence-corrected chi connectivity index (χ1v) is 5.37. The molecule has 2 aromatic rings. The van der Waals surface area contributed by atoms with Crippen molar-refractivity contribution in [1.29, 1.82) is 0 Å². The number of rotatable bonds is 3. The van der Waals surface area contributed by atoms with Gasteiger partial charge in [-0.05, 0) is 24.3 Å². The maximum absolute atomic E-state index is 13.0. The van der Waals surface area contributed by atoms with Gasteiger partial charge in [0.2, 0.25) is 5.91 Å². The normalized spacial score (nSPS) is 10.3. The fourth-order valence-corrected chi connectivity index (χ4v) is 1.54. The van der Waals surface area contributed by atoms with Gasteiger partial charge in [-0.3, -0.25) is 9.48 Å². The van der Waals surface area contributed by atoms with Crippen LogP contribution in [-0.2, 0) is 11.3 Å². The lowest BCUT2D eigenvalue weighted by molar-refractivity contribution is -0.119. The summed E-state index contributed by atoms with van der Waals surface area (Å²) in [6.07, 6.45) is 1.62. The largest absolute Gasteiger partial charge is 0.382 e. The fourth-order valence-electron chi connectivity index (χ4n) is 1.54. The monoisotopic (exact) mass is 248 g/mol. The maximum Gasteiger partial charge on any atom is 0.248 e. The SMILES string of the molecule is CN(C(=O)Cn1ccc(N)n1)c1cccc(F)c1. The minimum absolute atomic E-state index is 0.0597. The molecule has 94 valence electrons. The van der Waals surface area contributed by atoms with Gasteiger partial charge in [-0.1, -0.05) is 6.07 Å². The lowest BCUT2D eigenvalue weighted by Crippen LogP contribution is -2.30. The summed E-state index contributed by atoms with van der Waals surface area (Å²) in [5, 5.41) is 3.92. The van der Waals surface area contributed by atoms with E-state index < -0.39 is 0 Å². The highest BCUT2D eigenvalue weighted by atomic mass is 19.1. The Hall–Kier alpha value is -2.37. The number of nitrogens with two attached hydrogens (primary N) is 1. The van der Waals surface area contributed by atoms with Gasteiger partial charge in [0.05, 0.1) is 0 Å². The Balaban J connectivity index is 2.09. The third-order valence-electron chi connectivity index (χ3n) is 2.53. The summed E-state index contributed by atoms with van der Waals surface area (Å²) < 4.78 is 14.5. The number of carbonyl (C=O) groups is 1. The molecule has 5 nitrogen and oxygen atoms in total. The summed E-state index contributed by atoms with van der Waals surface area (Å²) in [5.41, 5.74) is 5.96. The third kappa shape index (κ3) is 2.65. The Morgan fingerprint density at radius 3 is 2.89 bits per heavy atom. The average Bonchev–Trinajstić information content (AvgIpc) is 2.73. The highest BCUT2D eigenvalue weighted by Crippen LogP contribution is 2.14. The first-order valence-electron chi connectivity index (χ1n) is 5.37. The van der Waals surface area contributed by atoms with Crippen LogP contribution in [0.15, 0.2) is 36.5 Å². The first kappa shape index (κ1) is 12.1. The number of likely N-dealkylation sites (N-methyl/N-ethyl adjacent to an activating group) is 1. The van der Waals surface area contributed by atoms with Crippen LogP contribution in [0.2, 0.25) is 0 Å². The fraction of sp³-hybridized carbons (Fsp3) is 0.167. The second-order valence-corrected chi connectivity index (χ2v) is 3.87. The molecule has 1 aromatic carbocycles. The number of benzene rings is 1. The molecular weight excluding hydrogens is 235 g/mol. The van der Waals surface area contributed by atoms with Gasteiger partial charge in [0, 0.05) is 18.9 Å². The molecule has 1 amide bonds. The molecule has 0 radical (unpaired) electrons. The van der Waals surface area contributed by atoms with Crippen LogP contribution in [0, 0.1) is 5.82 Å². The van der Waals surface area contributed by atoms with Crippen LogP contribution in [-0.4, -0.2) is 22.7 Å². The highest BCUT2D eigenvalue weighted by Gasteiger charge is 2.12. The van der Waals surface area contributed by atoms with Crippen molar-refractivity contribution in [3.05, 3.63) is 42.3 Å². The van der Waals surface area contributed by atoms with E-state index in [0.29, 0.717) is 11.5 Å². The molecule has 0 aliphatic rings. The van der Waals surface area contributed by atoms with Gasteiger partial charge < -0.3 is 10.6 Å². The number of anilines is 2. The van der Waals surface area contributed by atoms with Crippen LogP contribution >= 0.6 is 0 Å². The van der Waals surface area contributed by atoms with Gasteiger partial charge in [-0.15, -0.1) is 0 Å². The minimum atomic E-state index is -0.379. The van der Waals surface area contributed by atoms with Gasteiger partial charge in [0.1, 0.15) is 18.2 Å². The molecule has 6 heteroatoms. The van der Waals surface area contributed by atoms with Gasteiger partial charge in [-0.2, -0.15) is 5.10 Å². The van der Waals surface area contributed by atoms with E-state index in [1.54, 1.807) is 31.4 Å². The number of hydrogen-bond donors (Lipinski definition) is 1. The third-order valence-corrected chi connectivity index (χ3v) is 2.53. The average molecular weight is 248 g/mol. The van der Waals surface area contributed by atoms with Crippen molar-refractivity contribution < 1.29 is 9.18 Å². The van der Waals surface area contributed by atoms with Gasteiger partial charge in [0.15, 0.2) is 0 Å². The summed E-state index contributed by atoms with van der Waals surface area (Å²) in [6.45, 7) is 0.0597. The zero-order chi connectivity index (χ0) is 13.1. The van der Waals surface area contributed by atoms with Gasteiger partial charge in [0.25, 0.3) is 0 Å². The molecule has 0 saturated carbocycles. The van der Waals surface area contributed by atoms with Crippen LogP contribution in [0.4, 0.5) is 15.9 Å². The molecule has 0 aliphatic heterocycles. The molecular formula is C12H13FN4O. The second kappa shape index (κ2) is 4.87. The highest BCUT2D eigenvalue weighted by molar-refractivity contribution is 5.92. The van der Waals surface area contributed by atoms with Crippen LogP contribution in [0.1, 0.15) is 0 Å². The number of carbonyl (C=O) groups excluding carboxylic acids is 1. The molecule has 0 aliphatic carbocycles. The van der Waals surface area contributed by atoms with E-state index in [1.807, 2.05) is 0 Å². The van der Waals surface area contributed by atoms with E-state index in [-0.39, 0.29) is 18.3 Å². The second-order valence-electron chi connectivity index (χ2n) is 3.87. The molecule has 0 bridgehead atoms. The van der Waals surface area contributed by atoms with E-state index in [0.717, 1.165) is 0 Å². The Bertz CT molecular complexity index is 567. The summed E-state index contributed by atoms with van der Waals surface area (Å²) in [4.78, 5) is 13.3. The van der Waals surface area contributed by atoms with Crippen LogP contribution < -0.4 is 10.6 Å². The van der Waals surface area contributed by atoms with E-state index in [1.165, 1.54) is 21.7 Å². The van der Waals surface area contributed by atoms with Crippen LogP contribution in [0.3, 0.4) is 0 Å². The van der Waals surface area contributed by atoms with Crippen molar-refractivity contribution in [2.75, 3.05) is 17.7 Å². The Morgan fingerprint density at radius 1 is 1.50 bits per heavy atom. The summed E-state index contributed by atoms with van der Waals surface area (Å²) in [6, 6.07) is 7.46. The Kier molecular flexibility index (Phi) is 3.27. The molecule has 0 spiro atoms. The van der Waals surface area contributed by atoms with Crippen molar-refractivity contribution in [3.63, 3.8) is 0 Å². The number of amides is 1. The zero-order valence-corrected chi connectivity index (χ0v) is 9.88. The van der Waals surface area contributed by atoms with Crippen molar-refractivity contribution in [2.45, 2.75) is 6.54 Å². The predicted octanol–water partition coefficient (Wildman–Crippen LogP) is 1.27. The predicted molar refractivity (Wildman–Crippen MR) is 66.4 cm³/mol. The molecule has 2 N–H and O–H groups in total.